The summed E-state index contributed by atoms with van der Waals surface area (Å²) in [5, 5.41) is 18.8. The van der Waals surface area contributed by atoms with E-state index in [1.165, 1.54) is 11.1 Å². The van der Waals surface area contributed by atoms with Gasteiger partial charge in [0.25, 0.3) is 0 Å². The molecule has 0 atom stereocenters. The van der Waals surface area contributed by atoms with E-state index in [1.54, 1.807) is 0 Å². The van der Waals surface area contributed by atoms with Crippen LogP contribution < -0.4 is 0 Å². The summed E-state index contributed by atoms with van der Waals surface area (Å²) in [5.41, 5.74) is 7.33. The third-order valence-electron chi connectivity index (χ3n) is 5.86. The molecule has 0 N–H and O–H groups in total. The van der Waals surface area contributed by atoms with E-state index in [1.807, 2.05) is 36.4 Å². The molecule has 0 radical (unpaired) electrons. The highest BCUT2D eigenvalue weighted by atomic mass is 15.3. The Kier molecular flexibility index (Phi) is 5.92. The Morgan fingerprint density at radius 3 is 2.03 bits per heavy atom. The first-order chi connectivity index (χ1) is 15.4. The first kappa shape index (κ1) is 21.5. The SMILES string of the molecule is Cc1ccccc1-c1nnc(-c2cccc(C#N)c2)n1-c1c(C(C)C)cccc1C(C)C. The molecule has 0 unspecified atom stereocenters. The minimum Gasteiger partial charge on any atom is -0.274 e. The molecule has 0 amide bonds. The van der Waals surface area contributed by atoms with E-state index in [-0.39, 0.29) is 0 Å². The quantitative estimate of drug-likeness (QED) is 0.348. The van der Waals surface area contributed by atoms with E-state index in [4.69, 9.17) is 0 Å². The van der Waals surface area contributed by atoms with Gasteiger partial charge in [0.2, 0.25) is 0 Å². The highest BCUT2D eigenvalue weighted by molar-refractivity contribution is 5.71. The maximum atomic E-state index is 9.46. The van der Waals surface area contributed by atoms with E-state index < -0.39 is 0 Å². The number of para-hydroxylation sites is 1. The summed E-state index contributed by atoms with van der Waals surface area (Å²) in [4.78, 5) is 0. The lowest BCUT2D eigenvalue weighted by Gasteiger charge is -2.23. The molecule has 0 saturated carbocycles. The van der Waals surface area contributed by atoms with Crippen LogP contribution in [-0.2, 0) is 0 Å². The van der Waals surface area contributed by atoms with Crippen molar-refractivity contribution in [1.29, 1.82) is 5.26 Å². The smallest absolute Gasteiger partial charge is 0.169 e. The molecule has 0 aliphatic rings. The first-order valence-electron chi connectivity index (χ1n) is 11.1. The topological polar surface area (TPSA) is 54.5 Å². The zero-order chi connectivity index (χ0) is 22.8. The Morgan fingerprint density at radius 2 is 1.41 bits per heavy atom. The lowest BCUT2D eigenvalue weighted by molar-refractivity contribution is 0.807. The molecule has 0 aliphatic heterocycles. The molecular formula is C28H28N4. The summed E-state index contributed by atoms with van der Waals surface area (Å²) in [7, 11) is 0. The van der Waals surface area contributed by atoms with Crippen molar-refractivity contribution in [2.75, 3.05) is 0 Å². The largest absolute Gasteiger partial charge is 0.274 e. The Bertz CT molecular complexity index is 1280. The number of nitrogens with zero attached hydrogens (tertiary/aromatic N) is 4. The standard InChI is InChI=1S/C28H28N4/c1-18(2)23-14-9-15-24(19(3)4)26(23)32-27(22-12-8-11-21(16-22)17-29)30-31-28(32)25-13-7-6-10-20(25)5/h6-16,18-19H,1-5H3. The van der Waals surface area contributed by atoms with Gasteiger partial charge >= 0.3 is 0 Å². The Morgan fingerprint density at radius 1 is 0.781 bits per heavy atom. The summed E-state index contributed by atoms with van der Waals surface area (Å²) in [6.07, 6.45) is 0. The maximum absolute atomic E-state index is 9.46. The Balaban J connectivity index is 2.13. The van der Waals surface area contributed by atoms with Crippen LogP contribution in [0.4, 0.5) is 0 Å². The van der Waals surface area contributed by atoms with Crippen molar-refractivity contribution in [2.24, 2.45) is 0 Å². The second-order valence-corrected chi connectivity index (χ2v) is 8.78. The number of rotatable bonds is 5. The molecule has 32 heavy (non-hydrogen) atoms. The van der Waals surface area contributed by atoms with Crippen LogP contribution in [0.1, 0.15) is 61.8 Å². The normalized spacial score (nSPS) is 11.2. The molecule has 0 aliphatic carbocycles. The number of hydrogen-bond donors (Lipinski definition) is 0. The summed E-state index contributed by atoms with van der Waals surface area (Å²) in [5.74, 6) is 2.22. The van der Waals surface area contributed by atoms with Crippen molar-refractivity contribution in [3.05, 3.63) is 89.0 Å². The number of benzene rings is 3. The van der Waals surface area contributed by atoms with Crippen LogP contribution in [-0.4, -0.2) is 14.8 Å². The fourth-order valence-electron chi connectivity index (χ4n) is 4.18. The minimum atomic E-state index is 0.328. The van der Waals surface area contributed by atoms with Crippen molar-refractivity contribution >= 4 is 0 Å². The highest BCUT2D eigenvalue weighted by Crippen LogP contribution is 2.37. The molecule has 0 saturated heterocycles. The molecule has 4 rings (SSSR count). The zero-order valence-corrected chi connectivity index (χ0v) is 19.3. The molecule has 0 bridgehead atoms. The Labute approximate surface area is 190 Å². The van der Waals surface area contributed by atoms with Crippen LogP contribution in [0.15, 0.2) is 66.7 Å². The van der Waals surface area contributed by atoms with Gasteiger partial charge in [-0.05, 0) is 47.6 Å². The lowest BCUT2D eigenvalue weighted by Crippen LogP contribution is -2.10. The molecule has 160 valence electrons. The molecule has 1 heterocycles. The number of hydrogen-bond acceptors (Lipinski definition) is 3. The van der Waals surface area contributed by atoms with Gasteiger partial charge in [0.15, 0.2) is 11.6 Å². The predicted molar refractivity (Wildman–Crippen MR) is 130 cm³/mol. The van der Waals surface area contributed by atoms with Crippen LogP contribution in [0.3, 0.4) is 0 Å². The van der Waals surface area contributed by atoms with Crippen LogP contribution >= 0.6 is 0 Å². The van der Waals surface area contributed by atoms with Gasteiger partial charge in [0, 0.05) is 11.1 Å². The number of aryl methyl sites for hydroxylation is 1. The second kappa shape index (κ2) is 8.80. The fourth-order valence-corrected chi connectivity index (χ4v) is 4.18. The van der Waals surface area contributed by atoms with Gasteiger partial charge in [-0.1, -0.05) is 82.3 Å². The van der Waals surface area contributed by atoms with Gasteiger partial charge in [0.05, 0.1) is 17.3 Å². The molecule has 4 nitrogen and oxygen atoms in total. The molecule has 4 heteroatoms. The predicted octanol–water partition coefficient (Wildman–Crippen LogP) is 7.03. The van der Waals surface area contributed by atoms with Crippen LogP contribution in [0.25, 0.3) is 28.5 Å². The monoisotopic (exact) mass is 420 g/mol. The van der Waals surface area contributed by atoms with Gasteiger partial charge in [-0.2, -0.15) is 5.26 Å². The number of aromatic nitrogens is 3. The highest BCUT2D eigenvalue weighted by Gasteiger charge is 2.24. The molecule has 0 fully saturated rings. The summed E-state index contributed by atoms with van der Waals surface area (Å²) >= 11 is 0. The van der Waals surface area contributed by atoms with Crippen LogP contribution in [0, 0.1) is 18.3 Å². The third kappa shape index (κ3) is 3.83. The van der Waals surface area contributed by atoms with E-state index in [0.29, 0.717) is 17.4 Å². The van der Waals surface area contributed by atoms with Gasteiger partial charge in [-0.15, -0.1) is 10.2 Å². The average Bonchev–Trinajstić information content (AvgIpc) is 3.23. The molecular weight excluding hydrogens is 392 g/mol. The van der Waals surface area contributed by atoms with Gasteiger partial charge in [-0.3, -0.25) is 4.57 Å². The van der Waals surface area contributed by atoms with E-state index in [2.05, 4.69) is 85.8 Å². The average molecular weight is 421 g/mol. The van der Waals surface area contributed by atoms with Crippen LogP contribution in [0.5, 0.6) is 0 Å². The van der Waals surface area contributed by atoms with Crippen molar-refractivity contribution in [3.8, 4) is 34.5 Å². The van der Waals surface area contributed by atoms with Crippen molar-refractivity contribution in [3.63, 3.8) is 0 Å². The minimum absolute atomic E-state index is 0.328. The number of nitriles is 1. The third-order valence-corrected chi connectivity index (χ3v) is 5.86. The van der Waals surface area contributed by atoms with Gasteiger partial charge in [0.1, 0.15) is 0 Å². The summed E-state index contributed by atoms with van der Waals surface area (Å²) < 4.78 is 2.20. The summed E-state index contributed by atoms with van der Waals surface area (Å²) in [6.45, 7) is 11.0. The fraction of sp³-hybridized carbons (Fsp3) is 0.250. The van der Waals surface area contributed by atoms with Gasteiger partial charge in [-0.25, -0.2) is 0 Å². The molecule has 0 spiro atoms. The van der Waals surface area contributed by atoms with E-state index in [0.717, 1.165) is 34.0 Å². The van der Waals surface area contributed by atoms with Crippen molar-refractivity contribution < 1.29 is 0 Å². The van der Waals surface area contributed by atoms with Crippen molar-refractivity contribution in [1.82, 2.24) is 14.8 Å². The lowest BCUT2D eigenvalue weighted by atomic mass is 9.92. The first-order valence-corrected chi connectivity index (χ1v) is 11.1. The Hall–Kier alpha value is -3.71. The zero-order valence-electron chi connectivity index (χ0n) is 19.3. The van der Waals surface area contributed by atoms with E-state index >= 15 is 0 Å². The van der Waals surface area contributed by atoms with Crippen molar-refractivity contribution in [2.45, 2.75) is 46.5 Å². The molecule has 1 aromatic heterocycles. The molecule has 3 aromatic carbocycles. The second-order valence-electron chi connectivity index (χ2n) is 8.78. The molecule has 4 aromatic rings. The van der Waals surface area contributed by atoms with Crippen LogP contribution in [0.2, 0.25) is 0 Å². The van der Waals surface area contributed by atoms with E-state index in [9.17, 15) is 5.26 Å². The summed E-state index contributed by atoms with van der Waals surface area (Å²) in [6, 6.07) is 24.6. The van der Waals surface area contributed by atoms with Gasteiger partial charge < -0.3 is 0 Å². The maximum Gasteiger partial charge on any atom is 0.169 e.